The summed E-state index contributed by atoms with van der Waals surface area (Å²) in [7, 11) is 0. The van der Waals surface area contributed by atoms with Gasteiger partial charge >= 0.3 is 0 Å². The summed E-state index contributed by atoms with van der Waals surface area (Å²) in [5.74, 6) is 0. The van der Waals surface area contributed by atoms with Gasteiger partial charge < -0.3 is 0 Å². The van der Waals surface area contributed by atoms with Crippen molar-refractivity contribution < 1.29 is 0 Å². The van der Waals surface area contributed by atoms with Crippen LogP contribution in [0.4, 0.5) is 0 Å². The van der Waals surface area contributed by atoms with Crippen molar-refractivity contribution in [1.29, 1.82) is 0 Å². The average Bonchev–Trinajstić information content (AvgIpc) is 2.54. The lowest BCUT2D eigenvalue weighted by Gasteiger charge is -2.07. The van der Waals surface area contributed by atoms with E-state index in [1.54, 1.807) is 0 Å². The Labute approximate surface area is 128 Å². The van der Waals surface area contributed by atoms with Crippen molar-refractivity contribution in [3.63, 3.8) is 0 Å². The highest BCUT2D eigenvalue weighted by molar-refractivity contribution is 6.00. The van der Waals surface area contributed by atoms with Gasteiger partial charge in [-0.15, -0.1) is 0 Å². The van der Waals surface area contributed by atoms with Crippen LogP contribution >= 0.6 is 0 Å². The van der Waals surface area contributed by atoms with Crippen LogP contribution in [0.1, 0.15) is 38.7 Å². The molecule has 1 aromatic rings. The summed E-state index contributed by atoms with van der Waals surface area (Å²) >= 11 is 0. The van der Waals surface area contributed by atoms with Crippen molar-refractivity contribution >= 4 is 5.71 Å². The van der Waals surface area contributed by atoms with Gasteiger partial charge in [0.05, 0.1) is 0 Å². The third-order valence-electron chi connectivity index (χ3n) is 3.76. The maximum absolute atomic E-state index is 4.83. The smallest absolute Gasteiger partial charge is 0.0395 e. The van der Waals surface area contributed by atoms with Gasteiger partial charge in [0.2, 0.25) is 0 Å². The number of benzene rings is 1. The van der Waals surface area contributed by atoms with Crippen LogP contribution in [0.3, 0.4) is 0 Å². The summed E-state index contributed by atoms with van der Waals surface area (Å²) in [6, 6.07) is 10.7. The molecule has 1 nitrogen and oxygen atoms in total. The van der Waals surface area contributed by atoms with Gasteiger partial charge in [0.1, 0.15) is 0 Å². The number of aryl methyl sites for hydroxylation is 1. The topological polar surface area (TPSA) is 12.4 Å². The summed E-state index contributed by atoms with van der Waals surface area (Å²) in [6.45, 7) is 5.26. The Bertz CT molecular complexity index is 559. The monoisotopic (exact) mass is 279 g/mol. The predicted octanol–water partition coefficient (Wildman–Crippen LogP) is 5.30. The first kappa shape index (κ1) is 15.5. The standard InChI is InChI=1S/C20H25N/c1-17-9-5-4-8-16-21-20(18(2)13-12-17)15-14-19-10-6-3-7-11-19/h3,5-7,9-13H,4,8,14-16H2,1-2H3/b9-5?,17-12?,18-13+,21-20?. The van der Waals surface area contributed by atoms with Crippen molar-refractivity contribution in [3.05, 3.63) is 71.3 Å². The number of hydrogen-bond donors (Lipinski definition) is 0. The molecule has 0 saturated carbocycles. The molecular weight excluding hydrogens is 254 g/mol. The Morgan fingerprint density at radius 3 is 2.62 bits per heavy atom. The van der Waals surface area contributed by atoms with Gasteiger partial charge in [0.25, 0.3) is 0 Å². The molecule has 110 valence electrons. The van der Waals surface area contributed by atoms with Crippen LogP contribution in [0.15, 0.2) is 70.8 Å². The molecule has 0 aliphatic carbocycles. The van der Waals surface area contributed by atoms with Gasteiger partial charge in [-0.05, 0) is 50.7 Å². The molecule has 0 fully saturated rings. The second kappa shape index (κ2) is 8.41. The highest BCUT2D eigenvalue weighted by Crippen LogP contribution is 2.11. The molecule has 21 heavy (non-hydrogen) atoms. The Morgan fingerprint density at radius 2 is 1.81 bits per heavy atom. The number of rotatable bonds is 3. The molecular formula is C20H25N. The fraction of sp³-hybridized carbons (Fsp3) is 0.350. The average molecular weight is 279 g/mol. The third-order valence-corrected chi connectivity index (χ3v) is 3.76. The molecule has 1 heterocycles. The summed E-state index contributed by atoms with van der Waals surface area (Å²) < 4.78 is 0. The van der Waals surface area contributed by atoms with Crippen LogP contribution in [0.2, 0.25) is 0 Å². The van der Waals surface area contributed by atoms with Crippen molar-refractivity contribution in [2.75, 3.05) is 6.54 Å². The van der Waals surface area contributed by atoms with E-state index in [-0.39, 0.29) is 0 Å². The van der Waals surface area contributed by atoms with Gasteiger partial charge in [-0.2, -0.15) is 0 Å². The lowest BCUT2D eigenvalue weighted by molar-refractivity contribution is 0.849. The van der Waals surface area contributed by atoms with Crippen LogP contribution < -0.4 is 0 Å². The van der Waals surface area contributed by atoms with Crippen LogP contribution in [0, 0.1) is 0 Å². The van der Waals surface area contributed by atoms with Crippen molar-refractivity contribution in [1.82, 2.24) is 0 Å². The van der Waals surface area contributed by atoms with Crippen LogP contribution in [0.25, 0.3) is 0 Å². The maximum Gasteiger partial charge on any atom is 0.0395 e. The lowest BCUT2D eigenvalue weighted by atomic mass is 10.0. The zero-order valence-electron chi connectivity index (χ0n) is 13.2. The first-order valence-electron chi connectivity index (χ1n) is 7.85. The molecule has 1 heteroatoms. The zero-order valence-corrected chi connectivity index (χ0v) is 13.2. The molecule has 0 atom stereocenters. The zero-order chi connectivity index (χ0) is 14.9. The molecule has 0 radical (unpaired) electrons. The summed E-state index contributed by atoms with van der Waals surface area (Å²) in [5.41, 5.74) is 5.24. The van der Waals surface area contributed by atoms with Gasteiger partial charge in [-0.1, -0.05) is 60.2 Å². The first-order chi connectivity index (χ1) is 10.3. The van der Waals surface area contributed by atoms with E-state index in [1.807, 2.05) is 0 Å². The van der Waals surface area contributed by atoms with Crippen molar-refractivity contribution in [3.8, 4) is 0 Å². The molecule has 2 rings (SSSR count). The number of hydrogen-bond acceptors (Lipinski definition) is 1. The highest BCUT2D eigenvalue weighted by atomic mass is 14.7. The Morgan fingerprint density at radius 1 is 1.00 bits per heavy atom. The molecule has 1 aromatic carbocycles. The van der Waals surface area contributed by atoms with Gasteiger partial charge in [-0.3, -0.25) is 4.99 Å². The second-order valence-corrected chi connectivity index (χ2v) is 5.62. The minimum absolute atomic E-state index is 0.929. The predicted molar refractivity (Wildman–Crippen MR) is 93.0 cm³/mol. The minimum Gasteiger partial charge on any atom is -0.289 e. The molecule has 1 aliphatic rings. The number of aliphatic imine (C=N–C) groups is 1. The number of allylic oxidation sites excluding steroid dienone is 6. The molecule has 0 unspecified atom stereocenters. The molecule has 0 spiro atoms. The van der Waals surface area contributed by atoms with Crippen LogP contribution in [0.5, 0.6) is 0 Å². The maximum atomic E-state index is 4.83. The van der Waals surface area contributed by atoms with Crippen molar-refractivity contribution in [2.24, 2.45) is 4.99 Å². The number of nitrogens with zero attached hydrogens (tertiary/aromatic N) is 1. The second-order valence-electron chi connectivity index (χ2n) is 5.62. The molecule has 0 N–H and O–H groups in total. The minimum atomic E-state index is 0.929. The van der Waals surface area contributed by atoms with Crippen molar-refractivity contribution in [2.45, 2.75) is 39.5 Å². The van der Waals surface area contributed by atoms with Gasteiger partial charge in [0, 0.05) is 12.3 Å². The Balaban J connectivity index is 2.09. The van der Waals surface area contributed by atoms with E-state index in [0.29, 0.717) is 0 Å². The lowest BCUT2D eigenvalue weighted by Crippen LogP contribution is -2.04. The van der Waals surface area contributed by atoms with E-state index < -0.39 is 0 Å². The molecule has 0 saturated heterocycles. The van der Waals surface area contributed by atoms with E-state index >= 15 is 0 Å². The molecule has 0 bridgehead atoms. The van der Waals surface area contributed by atoms with Crippen LogP contribution in [-0.4, -0.2) is 12.3 Å². The molecule has 1 aliphatic heterocycles. The van der Waals surface area contributed by atoms with E-state index in [9.17, 15) is 0 Å². The Hall–Kier alpha value is -1.89. The van der Waals surface area contributed by atoms with Gasteiger partial charge in [-0.25, -0.2) is 0 Å². The first-order valence-corrected chi connectivity index (χ1v) is 7.85. The van der Waals surface area contributed by atoms with E-state index in [4.69, 9.17) is 4.99 Å². The Kier molecular flexibility index (Phi) is 6.21. The summed E-state index contributed by atoms with van der Waals surface area (Å²) in [4.78, 5) is 4.83. The van der Waals surface area contributed by atoms with E-state index in [0.717, 1.165) is 32.2 Å². The largest absolute Gasteiger partial charge is 0.289 e. The van der Waals surface area contributed by atoms with E-state index in [2.05, 4.69) is 68.5 Å². The molecule has 0 amide bonds. The highest BCUT2D eigenvalue weighted by Gasteiger charge is 2.03. The summed E-state index contributed by atoms with van der Waals surface area (Å²) in [6.07, 6.45) is 13.2. The molecule has 0 aromatic heterocycles. The summed E-state index contributed by atoms with van der Waals surface area (Å²) in [5, 5.41) is 0. The quantitative estimate of drug-likeness (QED) is 0.711. The normalized spacial score (nSPS) is 19.0. The van der Waals surface area contributed by atoms with Gasteiger partial charge in [0.15, 0.2) is 0 Å². The fourth-order valence-corrected chi connectivity index (χ4v) is 2.41. The third kappa shape index (κ3) is 5.55. The fourth-order valence-electron chi connectivity index (χ4n) is 2.41. The van der Waals surface area contributed by atoms with E-state index in [1.165, 1.54) is 22.4 Å². The van der Waals surface area contributed by atoms with Crippen LogP contribution in [-0.2, 0) is 6.42 Å². The SMILES string of the molecule is CC1=C/C=C(\C)C(CCc2ccccc2)=NCCCC=C1.